The van der Waals surface area contributed by atoms with Crippen LogP contribution in [-0.2, 0) is 0 Å². The van der Waals surface area contributed by atoms with Crippen molar-refractivity contribution in [3.05, 3.63) is 23.8 Å². The SMILES string of the molecule is CN1CCN(C(=O)c2ccc3n[nH]nc3c2)CC1. The highest BCUT2D eigenvalue weighted by Crippen LogP contribution is 2.13. The van der Waals surface area contributed by atoms with Gasteiger partial charge in [-0.2, -0.15) is 15.4 Å². The zero-order chi connectivity index (χ0) is 12.5. The zero-order valence-electron chi connectivity index (χ0n) is 10.3. The summed E-state index contributed by atoms with van der Waals surface area (Å²) >= 11 is 0. The Balaban J connectivity index is 1.82. The summed E-state index contributed by atoms with van der Waals surface area (Å²) in [5.74, 6) is 0.0769. The minimum absolute atomic E-state index is 0.0769. The monoisotopic (exact) mass is 245 g/mol. The van der Waals surface area contributed by atoms with E-state index >= 15 is 0 Å². The van der Waals surface area contributed by atoms with Crippen LogP contribution in [0.25, 0.3) is 11.0 Å². The molecule has 1 fully saturated rings. The molecular formula is C12H15N5O. The van der Waals surface area contributed by atoms with E-state index in [2.05, 4.69) is 27.4 Å². The minimum atomic E-state index is 0.0769. The van der Waals surface area contributed by atoms with Crippen molar-refractivity contribution in [1.29, 1.82) is 0 Å². The second-order valence-corrected chi connectivity index (χ2v) is 4.62. The third kappa shape index (κ3) is 1.95. The van der Waals surface area contributed by atoms with Gasteiger partial charge in [-0.05, 0) is 25.2 Å². The molecule has 18 heavy (non-hydrogen) atoms. The first kappa shape index (κ1) is 11.2. The van der Waals surface area contributed by atoms with Gasteiger partial charge in [0, 0.05) is 31.7 Å². The van der Waals surface area contributed by atoms with Crippen molar-refractivity contribution in [3.63, 3.8) is 0 Å². The number of carbonyl (C=O) groups is 1. The molecule has 3 rings (SSSR count). The van der Waals surface area contributed by atoms with Gasteiger partial charge in [0.2, 0.25) is 0 Å². The summed E-state index contributed by atoms with van der Waals surface area (Å²) < 4.78 is 0. The summed E-state index contributed by atoms with van der Waals surface area (Å²) in [6.45, 7) is 3.42. The van der Waals surface area contributed by atoms with Crippen LogP contribution in [0, 0.1) is 0 Å². The molecule has 1 aliphatic rings. The van der Waals surface area contributed by atoms with E-state index in [0.29, 0.717) is 5.56 Å². The van der Waals surface area contributed by atoms with Crippen molar-refractivity contribution in [2.75, 3.05) is 33.2 Å². The second-order valence-electron chi connectivity index (χ2n) is 4.62. The Bertz CT molecular complexity index is 571. The van der Waals surface area contributed by atoms with Crippen LogP contribution in [0.4, 0.5) is 0 Å². The predicted octanol–water partition coefficient (Wildman–Crippen LogP) is 0.345. The lowest BCUT2D eigenvalue weighted by Crippen LogP contribution is -2.47. The molecule has 0 unspecified atom stereocenters. The molecule has 6 nitrogen and oxygen atoms in total. The first-order chi connectivity index (χ1) is 8.74. The van der Waals surface area contributed by atoms with Crippen molar-refractivity contribution in [1.82, 2.24) is 25.2 Å². The molecule has 1 aromatic carbocycles. The Morgan fingerprint density at radius 3 is 2.67 bits per heavy atom. The Morgan fingerprint density at radius 2 is 1.89 bits per heavy atom. The molecule has 0 aliphatic carbocycles. The first-order valence-electron chi connectivity index (χ1n) is 6.02. The summed E-state index contributed by atoms with van der Waals surface area (Å²) in [7, 11) is 2.07. The number of likely N-dealkylation sites (N-methyl/N-ethyl adjacent to an activating group) is 1. The van der Waals surface area contributed by atoms with E-state index in [1.54, 1.807) is 6.07 Å². The summed E-state index contributed by atoms with van der Waals surface area (Å²) in [4.78, 5) is 16.4. The Kier molecular flexibility index (Phi) is 2.71. The Hall–Kier alpha value is -1.95. The van der Waals surface area contributed by atoms with Crippen molar-refractivity contribution >= 4 is 16.9 Å². The van der Waals surface area contributed by atoms with E-state index in [-0.39, 0.29) is 5.91 Å². The Morgan fingerprint density at radius 1 is 1.17 bits per heavy atom. The molecule has 1 N–H and O–H groups in total. The average Bonchev–Trinajstić information content (AvgIpc) is 2.86. The van der Waals surface area contributed by atoms with E-state index < -0.39 is 0 Å². The molecule has 0 spiro atoms. The molecule has 6 heteroatoms. The van der Waals surface area contributed by atoms with E-state index in [9.17, 15) is 4.79 Å². The standard InChI is InChI=1S/C12H15N5O/c1-16-4-6-17(7-5-16)12(18)9-2-3-10-11(8-9)14-15-13-10/h2-3,8H,4-7H2,1H3,(H,13,14,15). The van der Waals surface area contributed by atoms with Crippen LogP contribution in [-0.4, -0.2) is 64.3 Å². The number of benzene rings is 1. The number of nitrogens with zero attached hydrogens (tertiary/aromatic N) is 4. The van der Waals surface area contributed by atoms with Crippen LogP contribution >= 0.6 is 0 Å². The number of carbonyl (C=O) groups excluding carboxylic acids is 1. The molecule has 0 atom stereocenters. The average molecular weight is 245 g/mol. The van der Waals surface area contributed by atoms with Crippen LogP contribution in [0.1, 0.15) is 10.4 Å². The third-order valence-electron chi connectivity index (χ3n) is 3.35. The van der Waals surface area contributed by atoms with Gasteiger partial charge in [-0.3, -0.25) is 4.79 Å². The van der Waals surface area contributed by atoms with Crippen molar-refractivity contribution in [2.45, 2.75) is 0 Å². The molecule has 1 amide bonds. The summed E-state index contributed by atoms with van der Waals surface area (Å²) in [5, 5.41) is 10.5. The van der Waals surface area contributed by atoms with Crippen LogP contribution in [0.15, 0.2) is 18.2 Å². The molecule has 94 valence electrons. The fraction of sp³-hybridized carbons (Fsp3) is 0.417. The van der Waals surface area contributed by atoms with Gasteiger partial charge in [-0.1, -0.05) is 0 Å². The lowest BCUT2D eigenvalue weighted by atomic mass is 10.1. The summed E-state index contributed by atoms with van der Waals surface area (Å²) in [6, 6.07) is 5.42. The fourth-order valence-electron chi connectivity index (χ4n) is 2.17. The zero-order valence-corrected chi connectivity index (χ0v) is 10.3. The van der Waals surface area contributed by atoms with Crippen LogP contribution in [0.2, 0.25) is 0 Å². The molecule has 0 saturated carbocycles. The van der Waals surface area contributed by atoms with Crippen LogP contribution in [0.5, 0.6) is 0 Å². The molecule has 2 aromatic rings. The number of H-pyrrole nitrogens is 1. The molecular weight excluding hydrogens is 230 g/mol. The number of piperazine rings is 1. The lowest BCUT2D eigenvalue weighted by molar-refractivity contribution is 0.0664. The van der Waals surface area contributed by atoms with E-state index in [1.807, 2.05) is 17.0 Å². The molecule has 1 saturated heterocycles. The number of aromatic nitrogens is 3. The van der Waals surface area contributed by atoms with Gasteiger partial charge in [0.15, 0.2) is 0 Å². The number of fused-ring (bicyclic) bond motifs is 1. The molecule has 1 aromatic heterocycles. The number of rotatable bonds is 1. The molecule has 0 radical (unpaired) electrons. The van der Waals surface area contributed by atoms with Gasteiger partial charge in [0.25, 0.3) is 5.91 Å². The van der Waals surface area contributed by atoms with Gasteiger partial charge in [0.05, 0.1) is 0 Å². The highest BCUT2D eigenvalue weighted by molar-refractivity contribution is 5.97. The summed E-state index contributed by atoms with van der Waals surface area (Å²) in [5.41, 5.74) is 2.20. The van der Waals surface area contributed by atoms with Crippen LogP contribution < -0.4 is 0 Å². The maximum Gasteiger partial charge on any atom is 0.254 e. The highest BCUT2D eigenvalue weighted by Gasteiger charge is 2.20. The largest absolute Gasteiger partial charge is 0.336 e. The van der Waals surface area contributed by atoms with E-state index in [1.165, 1.54) is 0 Å². The fourth-order valence-corrected chi connectivity index (χ4v) is 2.17. The van der Waals surface area contributed by atoms with Gasteiger partial charge in [0.1, 0.15) is 11.0 Å². The van der Waals surface area contributed by atoms with E-state index in [0.717, 1.165) is 37.2 Å². The number of nitrogens with one attached hydrogen (secondary N) is 1. The number of hydrogen-bond acceptors (Lipinski definition) is 4. The maximum absolute atomic E-state index is 12.3. The number of amides is 1. The van der Waals surface area contributed by atoms with Gasteiger partial charge in [-0.15, -0.1) is 0 Å². The second kappa shape index (κ2) is 4.38. The minimum Gasteiger partial charge on any atom is -0.336 e. The topological polar surface area (TPSA) is 65.1 Å². The predicted molar refractivity (Wildman–Crippen MR) is 67.3 cm³/mol. The molecule has 1 aliphatic heterocycles. The number of hydrogen-bond donors (Lipinski definition) is 1. The normalized spacial score (nSPS) is 17.3. The van der Waals surface area contributed by atoms with Gasteiger partial charge >= 0.3 is 0 Å². The van der Waals surface area contributed by atoms with Crippen molar-refractivity contribution in [3.8, 4) is 0 Å². The van der Waals surface area contributed by atoms with Gasteiger partial charge < -0.3 is 9.80 Å². The molecule has 0 bridgehead atoms. The maximum atomic E-state index is 12.3. The first-order valence-corrected chi connectivity index (χ1v) is 6.02. The van der Waals surface area contributed by atoms with Gasteiger partial charge in [-0.25, -0.2) is 0 Å². The quantitative estimate of drug-likeness (QED) is 0.787. The van der Waals surface area contributed by atoms with Crippen molar-refractivity contribution in [2.24, 2.45) is 0 Å². The lowest BCUT2D eigenvalue weighted by Gasteiger charge is -2.32. The third-order valence-corrected chi connectivity index (χ3v) is 3.35. The smallest absolute Gasteiger partial charge is 0.254 e. The van der Waals surface area contributed by atoms with E-state index in [4.69, 9.17) is 0 Å². The van der Waals surface area contributed by atoms with Crippen LogP contribution in [0.3, 0.4) is 0 Å². The highest BCUT2D eigenvalue weighted by atomic mass is 16.2. The van der Waals surface area contributed by atoms with Crippen molar-refractivity contribution < 1.29 is 4.79 Å². The number of aromatic amines is 1. The Labute approximate surface area is 105 Å². The molecule has 2 heterocycles. The summed E-state index contributed by atoms with van der Waals surface area (Å²) in [6.07, 6.45) is 0.